The third-order valence-electron chi connectivity index (χ3n) is 2.37. The van der Waals surface area contributed by atoms with Gasteiger partial charge in [-0.05, 0) is 24.6 Å². The number of hydrogen-bond acceptors (Lipinski definition) is 3. The first-order valence-electron chi connectivity index (χ1n) is 4.84. The lowest BCUT2D eigenvalue weighted by Gasteiger charge is -2.04. The highest BCUT2D eigenvalue weighted by molar-refractivity contribution is 7.07. The van der Waals surface area contributed by atoms with Crippen molar-refractivity contribution in [3.05, 3.63) is 56.1 Å². The fraction of sp³-hybridized carbons (Fsp3) is 0.167. The summed E-state index contributed by atoms with van der Waals surface area (Å²) in [5, 5.41) is 10.6. The molecule has 0 saturated carbocycles. The molecule has 0 radical (unpaired) electrons. The van der Waals surface area contributed by atoms with E-state index in [-0.39, 0.29) is 4.87 Å². The summed E-state index contributed by atoms with van der Waals surface area (Å²) in [6.07, 6.45) is 0. The lowest BCUT2D eigenvalue weighted by Crippen LogP contribution is -2.15. The van der Waals surface area contributed by atoms with Gasteiger partial charge in [0.25, 0.3) is 0 Å². The molecule has 1 aromatic heterocycles. The maximum absolute atomic E-state index is 11.5. The van der Waals surface area contributed by atoms with E-state index in [4.69, 9.17) is 5.26 Å². The largest absolute Gasteiger partial charge is 0.307 e. The van der Waals surface area contributed by atoms with Crippen LogP contribution in [0.1, 0.15) is 16.8 Å². The molecular weight excluding hydrogens is 220 g/mol. The molecule has 2 rings (SSSR count). The molecule has 0 bridgehead atoms. The van der Waals surface area contributed by atoms with Crippen LogP contribution in [0.4, 0.5) is 0 Å². The van der Waals surface area contributed by atoms with Crippen LogP contribution in [0.5, 0.6) is 0 Å². The van der Waals surface area contributed by atoms with E-state index in [0.717, 1.165) is 11.3 Å². The molecule has 3 nitrogen and oxygen atoms in total. The Bertz CT molecular complexity index is 604. The molecule has 0 aliphatic carbocycles. The number of benzene rings is 1. The van der Waals surface area contributed by atoms with Crippen molar-refractivity contribution in [3.8, 4) is 6.07 Å². The molecule has 0 N–H and O–H groups in total. The predicted octanol–water partition coefficient (Wildman–Crippen LogP) is 2.14. The molecule has 0 unspecified atom stereocenters. The number of aromatic nitrogens is 1. The van der Waals surface area contributed by atoms with Gasteiger partial charge in [0.2, 0.25) is 0 Å². The van der Waals surface area contributed by atoms with Crippen molar-refractivity contribution in [3.63, 3.8) is 0 Å². The summed E-state index contributed by atoms with van der Waals surface area (Å²) in [5.74, 6) is 0. The highest BCUT2D eigenvalue weighted by Gasteiger charge is 2.03. The van der Waals surface area contributed by atoms with Crippen LogP contribution in [-0.4, -0.2) is 4.57 Å². The van der Waals surface area contributed by atoms with Gasteiger partial charge in [-0.2, -0.15) is 5.26 Å². The van der Waals surface area contributed by atoms with E-state index in [1.807, 2.05) is 30.5 Å². The standard InChI is InChI=1S/C12H10N2OS/c1-9-8-16-12(15)14(9)7-11-4-2-3-10(5-11)6-13/h2-5,8H,7H2,1H3. The maximum atomic E-state index is 11.5. The zero-order valence-electron chi connectivity index (χ0n) is 8.80. The lowest BCUT2D eigenvalue weighted by atomic mass is 10.1. The number of aryl methyl sites for hydroxylation is 1. The molecule has 0 aliphatic heterocycles. The summed E-state index contributed by atoms with van der Waals surface area (Å²) >= 11 is 1.20. The first kappa shape index (κ1) is 10.7. The van der Waals surface area contributed by atoms with E-state index in [9.17, 15) is 4.79 Å². The number of nitriles is 1. The first-order valence-corrected chi connectivity index (χ1v) is 5.72. The monoisotopic (exact) mass is 230 g/mol. The van der Waals surface area contributed by atoms with E-state index in [1.54, 1.807) is 10.6 Å². The van der Waals surface area contributed by atoms with Gasteiger partial charge in [-0.25, -0.2) is 0 Å². The smallest absolute Gasteiger partial charge is 0.299 e. The van der Waals surface area contributed by atoms with E-state index in [1.165, 1.54) is 11.3 Å². The van der Waals surface area contributed by atoms with E-state index in [0.29, 0.717) is 12.1 Å². The van der Waals surface area contributed by atoms with E-state index in [2.05, 4.69) is 6.07 Å². The molecule has 16 heavy (non-hydrogen) atoms. The van der Waals surface area contributed by atoms with Gasteiger partial charge in [0.15, 0.2) is 0 Å². The zero-order chi connectivity index (χ0) is 11.5. The van der Waals surface area contributed by atoms with Gasteiger partial charge in [-0.3, -0.25) is 9.36 Å². The Balaban J connectivity index is 2.35. The fourth-order valence-corrected chi connectivity index (χ4v) is 2.25. The molecule has 0 spiro atoms. The Labute approximate surface area is 97.2 Å². The summed E-state index contributed by atoms with van der Waals surface area (Å²) in [6.45, 7) is 2.44. The molecule has 0 atom stereocenters. The minimum Gasteiger partial charge on any atom is -0.299 e. The molecule has 80 valence electrons. The summed E-state index contributed by atoms with van der Waals surface area (Å²) in [4.78, 5) is 11.6. The third-order valence-corrected chi connectivity index (χ3v) is 3.25. The Morgan fingerprint density at radius 1 is 1.50 bits per heavy atom. The second kappa shape index (κ2) is 4.33. The molecule has 4 heteroatoms. The van der Waals surface area contributed by atoms with Gasteiger partial charge in [0.05, 0.1) is 18.2 Å². The summed E-state index contributed by atoms with van der Waals surface area (Å²) in [7, 11) is 0. The van der Waals surface area contributed by atoms with Gasteiger partial charge in [0.1, 0.15) is 0 Å². The Kier molecular flexibility index (Phi) is 2.88. The molecule has 0 saturated heterocycles. The molecule has 1 heterocycles. The lowest BCUT2D eigenvalue weighted by molar-refractivity contribution is 0.755. The minimum absolute atomic E-state index is 0.0415. The topological polar surface area (TPSA) is 45.8 Å². The average Bonchev–Trinajstić information content (AvgIpc) is 2.61. The maximum Gasteiger partial charge on any atom is 0.307 e. The average molecular weight is 230 g/mol. The van der Waals surface area contributed by atoms with Crippen molar-refractivity contribution in [1.29, 1.82) is 5.26 Å². The van der Waals surface area contributed by atoms with Crippen molar-refractivity contribution in [1.82, 2.24) is 4.57 Å². The van der Waals surface area contributed by atoms with Gasteiger partial charge in [-0.15, -0.1) is 0 Å². The Hall–Kier alpha value is -1.86. The number of thiazole rings is 1. The van der Waals surface area contributed by atoms with Gasteiger partial charge in [-0.1, -0.05) is 23.5 Å². The van der Waals surface area contributed by atoms with Gasteiger partial charge in [0, 0.05) is 11.1 Å². The van der Waals surface area contributed by atoms with Crippen LogP contribution in [0.3, 0.4) is 0 Å². The second-order valence-corrected chi connectivity index (χ2v) is 4.36. The highest BCUT2D eigenvalue weighted by Crippen LogP contribution is 2.08. The Morgan fingerprint density at radius 2 is 2.31 bits per heavy atom. The SMILES string of the molecule is Cc1csc(=O)n1Cc1cccc(C#N)c1. The molecule has 0 amide bonds. The van der Waals surface area contributed by atoms with Crippen LogP contribution in [0, 0.1) is 18.3 Å². The Morgan fingerprint density at radius 3 is 2.94 bits per heavy atom. The number of nitrogens with zero attached hydrogens (tertiary/aromatic N) is 2. The van der Waals surface area contributed by atoms with Crippen LogP contribution in [0.2, 0.25) is 0 Å². The molecule has 0 fully saturated rings. The summed E-state index contributed by atoms with van der Waals surface area (Å²) < 4.78 is 1.71. The third kappa shape index (κ3) is 2.05. The van der Waals surface area contributed by atoms with E-state index < -0.39 is 0 Å². The van der Waals surface area contributed by atoms with Crippen LogP contribution in [0.15, 0.2) is 34.4 Å². The summed E-state index contributed by atoms with van der Waals surface area (Å²) in [6, 6.07) is 9.41. The molecular formula is C12H10N2OS. The van der Waals surface area contributed by atoms with Crippen molar-refractivity contribution in [2.24, 2.45) is 0 Å². The quantitative estimate of drug-likeness (QED) is 0.793. The number of hydrogen-bond donors (Lipinski definition) is 0. The van der Waals surface area contributed by atoms with Gasteiger partial charge >= 0.3 is 4.87 Å². The molecule has 0 aliphatic rings. The normalized spacial score (nSPS) is 10.0. The van der Waals surface area contributed by atoms with Crippen LogP contribution < -0.4 is 4.87 Å². The predicted molar refractivity (Wildman–Crippen MR) is 63.6 cm³/mol. The van der Waals surface area contributed by atoms with Crippen LogP contribution >= 0.6 is 11.3 Å². The van der Waals surface area contributed by atoms with E-state index >= 15 is 0 Å². The highest BCUT2D eigenvalue weighted by atomic mass is 32.1. The van der Waals surface area contributed by atoms with Crippen molar-refractivity contribution >= 4 is 11.3 Å². The second-order valence-electron chi connectivity index (χ2n) is 3.54. The summed E-state index contributed by atoms with van der Waals surface area (Å²) in [5.41, 5.74) is 2.55. The van der Waals surface area contributed by atoms with Gasteiger partial charge < -0.3 is 0 Å². The van der Waals surface area contributed by atoms with Crippen LogP contribution in [0.25, 0.3) is 0 Å². The molecule has 1 aromatic carbocycles. The zero-order valence-corrected chi connectivity index (χ0v) is 9.62. The van der Waals surface area contributed by atoms with Crippen LogP contribution in [-0.2, 0) is 6.54 Å². The first-order chi connectivity index (χ1) is 7.70. The minimum atomic E-state index is 0.0415. The molecule has 2 aromatic rings. The van der Waals surface area contributed by atoms with Crippen molar-refractivity contribution < 1.29 is 0 Å². The van der Waals surface area contributed by atoms with Crippen molar-refractivity contribution in [2.45, 2.75) is 13.5 Å². The van der Waals surface area contributed by atoms with Crippen molar-refractivity contribution in [2.75, 3.05) is 0 Å². The fourth-order valence-electron chi connectivity index (χ4n) is 1.52. The number of rotatable bonds is 2.